The zero-order chi connectivity index (χ0) is 13.1. The number of unbranched alkanes of at least 4 members (excludes halogenated alkanes) is 1. The lowest BCUT2D eigenvalue weighted by atomic mass is 10.1. The Hall–Kier alpha value is -0.860. The number of nitrogens with zero attached hydrogens (tertiary/aromatic N) is 1. The van der Waals surface area contributed by atoms with Crippen molar-refractivity contribution in [2.24, 2.45) is 5.92 Å². The van der Waals surface area contributed by atoms with E-state index in [0.717, 1.165) is 0 Å². The van der Waals surface area contributed by atoms with E-state index in [1.807, 2.05) is 0 Å². The number of imide groups is 1. The van der Waals surface area contributed by atoms with Crippen LogP contribution in [0.15, 0.2) is 0 Å². The van der Waals surface area contributed by atoms with Crippen LogP contribution in [0.1, 0.15) is 60.3 Å². The zero-order valence-electron chi connectivity index (χ0n) is 11.7. The Kier molecular flexibility index (Phi) is 11.7. The minimum atomic E-state index is -0.0949. The highest BCUT2D eigenvalue weighted by atomic mass is 16.2. The van der Waals surface area contributed by atoms with Crippen molar-refractivity contribution in [3.8, 4) is 0 Å². The molecular weight excluding hydrogens is 202 g/mol. The predicted molar refractivity (Wildman–Crippen MR) is 68.1 cm³/mol. The highest BCUT2D eigenvalue weighted by Gasteiger charge is 2.32. The molecule has 0 bridgehead atoms. The summed E-state index contributed by atoms with van der Waals surface area (Å²) in [6.45, 7) is 10.4. The maximum absolute atomic E-state index is 10.8. The summed E-state index contributed by atoms with van der Waals surface area (Å²) in [5, 5.41) is 0. The molecule has 3 nitrogen and oxygen atoms in total. The van der Waals surface area contributed by atoms with Crippen molar-refractivity contribution < 1.29 is 9.59 Å². The van der Waals surface area contributed by atoms with E-state index in [-0.39, 0.29) is 17.7 Å². The van der Waals surface area contributed by atoms with E-state index in [2.05, 4.69) is 27.7 Å². The fourth-order valence-electron chi connectivity index (χ4n) is 0.940. The van der Waals surface area contributed by atoms with Crippen LogP contribution in [-0.2, 0) is 9.59 Å². The van der Waals surface area contributed by atoms with Crippen LogP contribution in [0.25, 0.3) is 0 Å². The van der Waals surface area contributed by atoms with Crippen LogP contribution in [0.5, 0.6) is 0 Å². The lowest BCUT2D eigenvalue weighted by Gasteiger charge is -2.03. The first-order valence-electron chi connectivity index (χ1n) is 6.26. The van der Waals surface area contributed by atoms with Crippen molar-refractivity contribution in [1.82, 2.24) is 4.90 Å². The fraction of sp³-hybridized carbons (Fsp3) is 0.846. The molecule has 1 aliphatic rings. The molecule has 3 heteroatoms. The molecule has 96 valence electrons. The first-order valence-corrected chi connectivity index (χ1v) is 6.26. The molecule has 1 atom stereocenters. The lowest BCUT2D eigenvalue weighted by molar-refractivity contribution is -0.137. The average molecular weight is 229 g/mol. The standard InChI is InChI=1S/C6H9NO2.C4H10.C3H8/c1-4-3-5(8)7(2)6(4)9;1-3-4-2;1-3-2/h4H,3H2,1-2H3;3-4H2,1-2H3;3H2,1-2H3. The summed E-state index contributed by atoms with van der Waals surface area (Å²) in [5.74, 6) is -0.213. The van der Waals surface area contributed by atoms with Gasteiger partial charge in [0.15, 0.2) is 0 Å². The summed E-state index contributed by atoms with van der Waals surface area (Å²) in [6.07, 6.45) is 4.27. The maximum Gasteiger partial charge on any atom is 0.232 e. The minimum absolute atomic E-state index is 0.0556. The van der Waals surface area contributed by atoms with E-state index in [9.17, 15) is 9.59 Å². The van der Waals surface area contributed by atoms with Gasteiger partial charge in [0.05, 0.1) is 0 Å². The minimum Gasteiger partial charge on any atom is -0.286 e. The zero-order valence-corrected chi connectivity index (χ0v) is 11.7. The SMILES string of the molecule is CC1CC(=O)N(C)C1=O.CCC.CCCC. The van der Waals surface area contributed by atoms with Crippen LogP contribution >= 0.6 is 0 Å². The monoisotopic (exact) mass is 229 g/mol. The van der Waals surface area contributed by atoms with Crippen LogP contribution in [0.3, 0.4) is 0 Å². The largest absolute Gasteiger partial charge is 0.286 e. The third-order valence-electron chi connectivity index (χ3n) is 2.11. The van der Waals surface area contributed by atoms with E-state index in [0.29, 0.717) is 6.42 Å². The number of amides is 2. The van der Waals surface area contributed by atoms with Gasteiger partial charge in [-0.25, -0.2) is 0 Å². The molecule has 0 saturated carbocycles. The van der Waals surface area contributed by atoms with Crippen molar-refractivity contribution in [3.05, 3.63) is 0 Å². The van der Waals surface area contributed by atoms with E-state index in [1.165, 1.54) is 31.2 Å². The van der Waals surface area contributed by atoms with Crippen molar-refractivity contribution in [1.29, 1.82) is 0 Å². The summed E-state index contributed by atoms with van der Waals surface area (Å²) in [4.78, 5) is 22.7. The molecule has 0 aliphatic carbocycles. The molecule has 1 aliphatic heterocycles. The normalized spacial score (nSPS) is 18.6. The molecule has 0 spiro atoms. The van der Waals surface area contributed by atoms with Crippen molar-refractivity contribution >= 4 is 11.8 Å². The molecule has 16 heavy (non-hydrogen) atoms. The first kappa shape index (κ1) is 17.5. The number of hydrogen-bond donors (Lipinski definition) is 0. The van der Waals surface area contributed by atoms with Gasteiger partial charge in [0.1, 0.15) is 0 Å². The molecular formula is C13H27NO2. The maximum atomic E-state index is 10.8. The number of hydrogen-bond acceptors (Lipinski definition) is 2. The van der Waals surface area contributed by atoms with Crippen LogP contribution in [0.4, 0.5) is 0 Å². The highest BCUT2D eigenvalue weighted by molar-refractivity contribution is 6.02. The van der Waals surface area contributed by atoms with E-state index < -0.39 is 0 Å². The third-order valence-corrected chi connectivity index (χ3v) is 2.11. The van der Waals surface area contributed by atoms with E-state index >= 15 is 0 Å². The lowest BCUT2D eigenvalue weighted by Crippen LogP contribution is -2.24. The molecule has 0 aromatic heterocycles. The Morgan fingerprint density at radius 3 is 1.56 bits per heavy atom. The van der Waals surface area contributed by atoms with Crippen LogP contribution in [0.2, 0.25) is 0 Å². The number of carbonyl (C=O) groups is 2. The number of likely N-dealkylation sites (tertiary alicyclic amines) is 1. The second-order valence-electron chi connectivity index (χ2n) is 4.10. The van der Waals surface area contributed by atoms with Gasteiger partial charge in [0.25, 0.3) is 0 Å². The number of carbonyl (C=O) groups excluding carboxylic acids is 2. The smallest absolute Gasteiger partial charge is 0.232 e. The molecule has 0 aromatic rings. The fourth-order valence-corrected chi connectivity index (χ4v) is 0.940. The predicted octanol–water partition coefficient (Wildman–Crippen LogP) is 3.23. The van der Waals surface area contributed by atoms with Gasteiger partial charge < -0.3 is 0 Å². The van der Waals surface area contributed by atoms with E-state index in [1.54, 1.807) is 6.92 Å². The van der Waals surface area contributed by atoms with Gasteiger partial charge in [-0.15, -0.1) is 0 Å². The van der Waals surface area contributed by atoms with Crippen molar-refractivity contribution in [2.45, 2.75) is 60.3 Å². The molecule has 2 amide bonds. The van der Waals surface area contributed by atoms with Crippen molar-refractivity contribution in [2.75, 3.05) is 7.05 Å². The summed E-state index contributed by atoms with van der Waals surface area (Å²) in [6, 6.07) is 0. The summed E-state index contributed by atoms with van der Waals surface area (Å²) < 4.78 is 0. The average Bonchev–Trinajstić information content (AvgIpc) is 2.47. The molecule has 1 fully saturated rings. The molecule has 0 N–H and O–H groups in total. The Balaban J connectivity index is 0. The van der Waals surface area contributed by atoms with Gasteiger partial charge in [0, 0.05) is 19.4 Å². The molecule has 1 unspecified atom stereocenters. The highest BCUT2D eigenvalue weighted by Crippen LogP contribution is 2.15. The van der Waals surface area contributed by atoms with Gasteiger partial charge in [-0.3, -0.25) is 14.5 Å². The summed E-state index contributed by atoms with van der Waals surface area (Å²) in [5.41, 5.74) is 0. The second kappa shape index (κ2) is 10.7. The second-order valence-corrected chi connectivity index (χ2v) is 4.10. The quantitative estimate of drug-likeness (QED) is 0.647. The molecule has 1 heterocycles. The molecule has 1 saturated heterocycles. The Bertz CT molecular complexity index is 200. The van der Waals surface area contributed by atoms with Gasteiger partial charge >= 0.3 is 0 Å². The molecule has 1 rings (SSSR count). The third kappa shape index (κ3) is 7.43. The van der Waals surface area contributed by atoms with Crippen molar-refractivity contribution in [3.63, 3.8) is 0 Å². The topological polar surface area (TPSA) is 37.4 Å². The van der Waals surface area contributed by atoms with Crippen LogP contribution in [-0.4, -0.2) is 23.8 Å². The summed E-state index contributed by atoms with van der Waals surface area (Å²) in [7, 11) is 1.52. The van der Waals surface area contributed by atoms with Gasteiger partial charge in [-0.05, 0) is 0 Å². The van der Waals surface area contributed by atoms with Crippen LogP contribution in [0, 0.1) is 5.92 Å². The van der Waals surface area contributed by atoms with Crippen LogP contribution < -0.4 is 0 Å². The summed E-state index contributed by atoms with van der Waals surface area (Å²) >= 11 is 0. The van der Waals surface area contributed by atoms with Gasteiger partial charge in [-0.2, -0.15) is 0 Å². The van der Waals surface area contributed by atoms with Gasteiger partial charge in [-0.1, -0.05) is 53.9 Å². The molecule has 0 aromatic carbocycles. The van der Waals surface area contributed by atoms with Gasteiger partial charge in [0.2, 0.25) is 11.8 Å². The van der Waals surface area contributed by atoms with E-state index in [4.69, 9.17) is 0 Å². The Labute approximate surface area is 100 Å². The Morgan fingerprint density at radius 2 is 1.50 bits per heavy atom. The Morgan fingerprint density at radius 1 is 1.12 bits per heavy atom. The number of rotatable bonds is 1. The molecule has 0 radical (unpaired) electrons. The first-order chi connectivity index (χ1) is 7.45.